The van der Waals surface area contributed by atoms with Crippen LogP contribution < -0.4 is 9.62 Å². The van der Waals surface area contributed by atoms with Gasteiger partial charge in [0.15, 0.2) is 0 Å². The molecule has 3 aromatic rings. The molecular formula is C29H31Cl4N3O4S. The minimum Gasteiger partial charge on any atom is -0.350 e. The highest BCUT2D eigenvalue weighted by molar-refractivity contribution is 7.92. The average molecular weight is 659 g/mol. The lowest BCUT2D eigenvalue weighted by atomic mass is 10.1. The number of anilines is 1. The minimum absolute atomic E-state index is 0.0263. The zero-order valence-corrected chi connectivity index (χ0v) is 27.1. The number of hydrogen-bond donors (Lipinski definition) is 1. The third-order valence-corrected chi connectivity index (χ3v) is 8.99. The van der Waals surface area contributed by atoms with Crippen molar-refractivity contribution in [2.45, 2.75) is 57.6 Å². The van der Waals surface area contributed by atoms with E-state index in [0.29, 0.717) is 10.6 Å². The van der Waals surface area contributed by atoms with Gasteiger partial charge in [-0.1, -0.05) is 70.2 Å². The highest BCUT2D eigenvalue weighted by Crippen LogP contribution is 2.30. The Bertz CT molecular complexity index is 1520. The molecule has 2 amide bonds. The van der Waals surface area contributed by atoms with Crippen LogP contribution in [0.1, 0.15) is 38.8 Å². The van der Waals surface area contributed by atoms with E-state index < -0.39 is 40.0 Å². The van der Waals surface area contributed by atoms with Gasteiger partial charge in [0.2, 0.25) is 11.8 Å². The van der Waals surface area contributed by atoms with E-state index in [1.54, 1.807) is 37.3 Å². The fraction of sp³-hybridized carbons (Fsp3) is 0.310. The Morgan fingerprint density at radius 2 is 1.46 bits per heavy atom. The van der Waals surface area contributed by atoms with Gasteiger partial charge in [-0.15, -0.1) is 0 Å². The van der Waals surface area contributed by atoms with Gasteiger partial charge in [-0.3, -0.25) is 13.9 Å². The number of nitrogens with zero attached hydrogens (tertiary/aromatic N) is 2. The van der Waals surface area contributed by atoms with E-state index in [0.717, 1.165) is 9.87 Å². The fourth-order valence-electron chi connectivity index (χ4n) is 3.94. The van der Waals surface area contributed by atoms with Gasteiger partial charge >= 0.3 is 0 Å². The molecule has 0 fully saturated rings. The van der Waals surface area contributed by atoms with Crippen LogP contribution in [0.2, 0.25) is 20.1 Å². The Labute approximate surface area is 261 Å². The lowest BCUT2D eigenvalue weighted by molar-refractivity contribution is -0.140. The molecule has 0 aliphatic rings. The number of amides is 2. The minimum atomic E-state index is -4.26. The summed E-state index contributed by atoms with van der Waals surface area (Å²) in [5.74, 6) is -1.05. The van der Waals surface area contributed by atoms with Crippen molar-refractivity contribution in [1.29, 1.82) is 0 Å². The third-order valence-electron chi connectivity index (χ3n) is 6.03. The van der Waals surface area contributed by atoms with Crippen LogP contribution in [0.4, 0.5) is 5.69 Å². The number of carbonyl (C=O) groups excluding carboxylic acids is 2. The van der Waals surface area contributed by atoms with Crippen LogP contribution >= 0.6 is 46.4 Å². The van der Waals surface area contributed by atoms with Crippen molar-refractivity contribution < 1.29 is 18.0 Å². The molecule has 3 rings (SSSR count). The van der Waals surface area contributed by atoms with Crippen molar-refractivity contribution in [2.24, 2.45) is 0 Å². The van der Waals surface area contributed by atoms with Crippen molar-refractivity contribution in [3.8, 4) is 0 Å². The molecule has 0 heterocycles. The van der Waals surface area contributed by atoms with E-state index in [-0.39, 0.29) is 32.2 Å². The summed E-state index contributed by atoms with van der Waals surface area (Å²) in [4.78, 5) is 28.5. The molecule has 7 nitrogen and oxygen atoms in total. The number of nitrogens with one attached hydrogen (secondary N) is 1. The van der Waals surface area contributed by atoms with Gasteiger partial charge in [-0.25, -0.2) is 8.42 Å². The Balaban J connectivity index is 2.09. The number of sulfonamides is 1. The summed E-state index contributed by atoms with van der Waals surface area (Å²) < 4.78 is 28.8. The maximum atomic E-state index is 14.0. The monoisotopic (exact) mass is 657 g/mol. The van der Waals surface area contributed by atoms with Crippen LogP contribution in [-0.4, -0.2) is 43.3 Å². The quantitative estimate of drug-likeness (QED) is 0.265. The second-order valence-corrected chi connectivity index (χ2v) is 14.2. The largest absolute Gasteiger partial charge is 0.350 e. The predicted octanol–water partition coefficient (Wildman–Crippen LogP) is 7.14. The second-order valence-electron chi connectivity index (χ2n) is 10.6. The summed E-state index contributed by atoms with van der Waals surface area (Å²) >= 11 is 24.7. The van der Waals surface area contributed by atoms with Crippen LogP contribution in [0.5, 0.6) is 0 Å². The highest BCUT2D eigenvalue weighted by atomic mass is 35.5. The fourth-order valence-corrected chi connectivity index (χ4v) is 6.17. The Morgan fingerprint density at radius 1 is 0.878 bits per heavy atom. The molecule has 1 atom stereocenters. The average Bonchev–Trinajstić information content (AvgIpc) is 2.85. The zero-order chi connectivity index (χ0) is 30.7. The lowest BCUT2D eigenvalue weighted by Crippen LogP contribution is -2.54. The van der Waals surface area contributed by atoms with Crippen LogP contribution in [0, 0.1) is 6.92 Å². The summed E-state index contributed by atoms with van der Waals surface area (Å²) in [5, 5.41) is 3.87. The molecule has 0 aliphatic carbocycles. The lowest BCUT2D eigenvalue weighted by Gasteiger charge is -2.33. The number of aryl methyl sites for hydroxylation is 1. The summed E-state index contributed by atoms with van der Waals surface area (Å²) in [7, 11) is -4.26. The van der Waals surface area contributed by atoms with Gasteiger partial charge in [-0.2, -0.15) is 0 Å². The molecule has 0 spiro atoms. The second kappa shape index (κ2) is 13.2. The molecule has 0 saturated heterocycles. The van der Waals surface area contributed by atoms with Gasteiger partial charge < -0.3 is 10.2 Å². The first kappa shape index (κ1) is 33.0. The van der Waals surface area contributed by atoms with Crippen molar-refractivity contribution in [2.75, 3.05) is 10.8 Å². The van der Waals surface area contributed by atoms with Crippen LogP contribution in [0.15, 0.2) is 65.6 Å². The number of halogens is 4. The van der Waals surface area contributed by atoms with Gasteiger partial charge in [0.25, 0.3) is 10.0 Å². The number of carbonyl (C=O) groups is 2. The van der Waals surface area contributed by atoms with Crippen LogP contribution in [-0.2, 0) is 26.2 Å². The highest BCUT2D eigenvalue weighted by Gasteiger charge is 2.33. The molecule has 1 N–H and O–H groups in total. The van der Waals surface area contributed by atoms with Gasteiger partial charge in [0.1, 0.15) is 12.6 Å². The first-order chi connectivity index (χ1) is 19.0. The topological polar surface area (TPSA) is 86.8 Å². The van der Waals surface area contributed by atoms with E-state index in [2.05, 4.69) is 5.32 Å². The summed E-state index contributed by atoms with van der Waals surface area (Å²) in [6.45, 7) is 8.19. The van der Waals surface area contributed by atoms with Crippen molar-refractivity contribution >= 4 is 73.9 Å². The SMILES string of the molecule is Cc1ccc(S(=O)(=O)N(CC(=O)N(Cc2ccc(Cl)c(Cl)c2)C(C)C(=O)NC(C)(C)C)c2cc(Cl)cc(Cl)c2)cc1. The summed E-state index contributed by atoms with van der Waals surface area (Å²) in [6.07, 6.45) is 0. The maximum absolute atomic E-state index is 14.0. The van der Waals surface area contributed by atoms with Crippen LogP contribution in [0.25, 0.3) is 0 Å². The van der Waals surface area contributed by atoms with E-state index in [1.807, 2.05) is 27.7 Å². The molecule has 41 heavy (non-hydrogen) atoms. The molecule has 0 aromatic heterocycles. The first-order valence-electron chi connectivity index (χ1n) is 12.6. The molecule has 0 aliphatic heterocycles. The van der Waals surface area contributed by atoms with E-state index in [4.69, 9.17) is 46.4 Å². The van der Waals surface area contributed by atoms with Gasteiger partial charge in [0.05, 0.1) is 20.6 Å². The molecule has 1 unspecified atom stereocenters. The van der Waals surface area contributed by atoms with E-state index in [9.17, 15) is 18.0 Å². The predicted molar refractivity (Wildman–Crippen MR) is 167 cm³/mol. The molecular weight excluding hydrogens is 628 g/mol. The van der Waals surface area contributed by atoms with Crippen molar-refractivity contribution in [3.63, 3.8) is 0 Å². The molecule has 0 saturated carbocycles. The standard InChI is InChI=1S/C29H31Cl4N3O4S/c1-18-6-9-24(10-7-18)41(39,40)36(23-14-21(30)13-22(31)15-23)17-27(37)35(19(2)28(38)34-29(3,4)5)16-20-8-11-25(32)26(33)12-20/h6-15,19H,16-17H2,1-5H3,(H,34,38). The van der Waals surface area contributed by atoms with Gasteiger partial charge in [-0.05, 0) is 82.6 Å². The van der Waals surface area contributed by atoms with E-state index >= 15 is 0 Å². The molecule has 0 radical (unpaired) electrons. The Hall–Kier alpha value is -2.49. The van der Waals surface area contributed by atoms with Crippen LogP contribution in [0.3, 0.4) is 0 Å². The maximum Gasteiger partial charge on any atom is 0.264 e. The van der Waals surface area contributed by atoms with E-state index in [1.165, 1.54) is 35.2 Å². The number of benzene rings is 3. The summed E-state index contributed by atoms with van der Waals surface area (Å²) in [6, 6.07) is 14.4. The van der Waals surface area contributed by atoms with Crippen molar-refractivity contribution in [3.05, 3.63) is 91.9 Å². The van der Waals surface area contributed by atoms with Gasteiger partial charge in [0, 0.05) is 22.1 Å². The zero-order valence-electron chi connectivity index (χ0n) is 23.2. The molecule has 0 bridgehead atoms. The molecule has 12 heteroatoms. The smallest absolute Gasteiger partial charge is 0.264 e. The number of rotatable bonds is 9. The third kappa shape index (κ3) is 8.75. The molecule has 3 aromatic carbocycles. The number of hydrogen-bond acceptors (Lipinski definition) is 4. The summed E-state index contributed by atoms with van der Waals surface area (Å²) in [5.41, 5.74) is 0.991. The normalized spacial score (nSPS) is 12.5. The Morgan fingerprint density at radius 3 is 2.00 bits per heavy atom. The molecule has 220 valence electrons. The first-order valence-corrected chi connectivity index (χ1v) is 15.5. The Kier molecular flexibility index (Phi) is 10.6. The van der Waals surface area contributed by atoms with Crippen molar-refractivity contribution in [1.82, 2.24) is 10.2 Å².